The van der Waals surface area contributed by atoms with Crippen LogP contribution in [0.15, 0.2) is 78.9 Å². The van der Waals surface area contributed by atoms with Crippen LogP contribution < -0.4 is 9.47 Å². The number of aryl methyl sites for hydroxylation is 1. The molecule has 4 aromatic rings. The Labute approximate surface area is 171 Å². The number of benzene rings is 3. The summed E-state index contributed by atoms with van der Waals surface area (Å²) in [6.07, 6.45) is 0. The Kier molecular flexibility index (Phi) is 5.34. The molecule has 0 atom stereocenters. The zero-order valence-corrected chi connectivity index (χ0v) is 16.9. The summed E-state index contributed by atoms with van der Waals surface area (Å²) in [7, 11) is 3.38. The maximum Gasteiger partial charge on any atom is 0.128 e. The number of aromatic nitrogens is 2. The minimum absolute atomic E-state index is 0.671. The Morgan fingerprint density at radius 2 is 1.41 bits per heavy atom. The van der Waals surface area contributed by atoms with Gasteiger partial charge in [0.1, 0.15) is 11.5 Å². The lowest BCUT2D eigenvalue weighted by atomic mass is 10.1. The first-order valence-electron chi connectivity index (χ1n) is 9.60. The van der Waals surface area contributed by atoms with Crippen LogP contribution >= 0.6 is 0 Å². The molecule has 0 aliphatic heterocycles. The molecule has 4 heteroatoms. The third-order valence-electron chi connectivity index (χ3n) is 4.96. The standard InChI is InChI=1S/C25H24N2O2/c1-18-9-8-10-19(15-18)17-27-23(21-12-5-7-14-25(21)29-3)16-22(26-27)20-11-4-6-13-24(20)28-2/h4-16H,17H2,1-3H3. The first kappa shape index (κ1) is 18.8. The van der Waals surface area contributed by atoms with Gasteiger partial charge in [0.2, 0.25) is 0 Å². The molecule has 0 bridgehead atoms. The molecule has 4 rings (SSSR count). The Morgan fingerprint density at radius 1 is 0.759 bits per heavy atom. The SMILES string of the molecule is COc1ccccc1-c1cc(-c2ccccc2OC)n(Cc2cccc(C)c2)n1. The van der Waals surface area contributed by atoms with E-state index in [0.29, 0.717) is 6.54 Å². The highest BCUT2D eigenvalue weighted by Gasteiger charge is 2.17. The van der Waals surface area contributed by atoms with Crippen molar-refractivity contribution in [1.29, 1.82) is 0 Å². The van der Waals surface area contributed by atoms with E-state index in [0.717, 1.165) is 34.0 Å². The molecule has 4 nitrogen and oxygen atoms in total. The van der Waals surface area contributed by atoms with Crippen molar-refractivity contribution in [2.75, 3.05) is 14.2 Å². The maximum absolute atomic E-state index is 5.62. The lowest BCUT2D eigenvalue weighted by molar-refractivity contribution is 0.416. The van der Waals surface area contributed by atoms with Gasteiger partial charge in [0.05, 0.1) is 32.2 Å². The minimum Gasteiger partial charge on any atom is -0.496 e. The molecule has 0 amide bonds. The van der Waals surface area contributed by atoms with Crippen LogP contribution in [0.3, 0.4) is 0 Å². The highest BCUT2D eigenvalue weighted by Crippen LogP contribution is 2.35. The molecule has 0 unspecified atom stereocenters. The fraction of sp³-hybridized carbons (Fsp3) is 0.160. The average Bonchev–Trinajstić information content (AvgIpc) is 3.17. The van der Waals surface area contributed by atoms with Crippen molar-refractivity contribution in [3.8, 4) is 34.0 Å². The van der Waals surface area contributed by atoms with Crippen molar-refractivity contribution in [2.45, 2.75) is 13.5 Å². The molecular weight excluding hydrogens is 360 g/mol. The lowest BCUT2D eigenvalue weighted by Crippen LogP contribution is -2.05. The van der Waals surface area contributed by atoms with Crippen LogP contribution in [-0.4, -0.2) is 24.0 Å². The van der Waals surface area contributed by atoms with Crippen LogP contribution in [0.4, 0.5) is 0 Å². The number of ether oxygens (including phenoxy) is 2. The molecular formula is C25H24N2O2. The van der Waals surface area contributed by atoms with E-state index in [2.05, 4.69) is 43.3 Å². The molecule has 0 aliphatic rings. The van der Waals surface area contributed by atoms with Gasteiger partial charge < -0.3 is 9.47 Å². The summed E-state index contributed by atoms with van der Waals surface area (Å²) in [5, 5.41) is 4.95. The van der Waals surface area contributed by atoms with Gasteiger partial charge in [-0.3, -0.25) is 4.68 Å². The molecule has 0 saturated carbocycles. The Balaban J connectivity index is 1.87. The Hall–Kier alpha value is -3.53. The number of nitrogens with zero attached hydrogens (tertiary/aromatic N) is 2. The summed E-state index contributed by atoms with van der Waals surface area (Å²) in [5.74, 6) is 1.63. The minimum atomic E-state index is 0.671. The van der Waals surface area contributed by atoms with Gasteiger partial charge in [-0.15, -0.1) is 0 Å². The lowest BCUT2D eigenvalue weighted by Gasteiger charge is -2.11. The molecule has 1 aromatic heterocycles. The first-order valence-corrected chi connectivity index (χ1v) is 9.60. The maximum atomic E-state index is 5.62. The molecule has 0 radical (unpaired) electrons. The summed E-state index contributed by atoms with van der Waals surface area (Å²) < 4.78 is 13.2. The molecule has 1 heterocycles. The monoisotopic (exact) mass is 384 g/mol. The predicted octanol–water partition coefficient (Wildman–Crippen LogP) is 5.59. The van der Waals surface area contributed by atoms with Crippen molar-refractivity contribution in [3.63, 3.8) is 0 Å². The number of para-hydroxylation sites is 2. The van der Waals surface area contributed by atoms with Crippen molar-refractivity contribution < 1.29 is 9.47 Å². The number of rotatable bonds is 6. The quantitative estimate of drug-likeness (QED) is 0.435. The molecule has 146 valence electrons. The van der Waals surface area contributed by atoms with E-state index in [1.807, 2.05) is 47.1 Å². The molecule has 0 spiro atoms. The second kappa shape index (κ2) is 8.23. The van der Waals surface area contributed by atoms with Crippen molar-refractivity contribution >= 4 is 0 Å². The fourth-order valence-corrected chi connectivity index (χ4v) is 3.58. The summed E-state index contributed by atoms with van der Waals surface area (Å²) >= 11 is 0. The van der Waals surface area contributed by atoms with E-state index >= 15 is 0 Å². The Morgan fingerprint density at radius 3 is 2.10 bits per heavy atom. The van der Waals surface area contributed by atoms with Crippen LogP contribution in [0.1, 0.15) is 11.1 Å². The van der Waals surface area contributed by atoms with Gasteiger partial charge in [0, 0.05) is 11.1 Å². The summed E-state index contributed by atoms with van der Waals surface area (Å²) in [4.78, 5) is 0. The molecule has 0 aliphatic carbocycles. The third-order valence-corrected chi connectivity index (χ3v) is 4.96. The van der Waals surface area contributed by atoms with Crippen molar-refractivity contribution in [2.24, 2.45) is 0 Å². The average molecular weight is 384 g/mol. The zero-order valence-electron chi connectivity index (χ0n) is 16.9. The van der Waals surface area contributed by atoms with E-state index in [4.69, 9.17) is 14.6 Å². The van der Waals surface area contributed by atoms with E-state index in [1.165, 1.54) is 11.1 Å². The molecule has 0 saturated heterocycles. The van der Waals surface area contributed by atoms with Crippen LogP contribution in [0.5, 0.6) is 11.5 Å². The number of methoxy groups -OCH3 is 2. The van der Waals surface area contributed by atoms with Crippen LogP contribution in [0.2, 0.25) is 0 Å². The van der Waals surface area contributed by atoms with Crippen molar-refractivity contribution in [3.05, 3.63) is 90.0 Å². The second-order valence-electron chi connectivity index (χ2n) is 6.96. The van der Waals surface area contributed by atoms with Gasteiger partial charge in [-0.05, 0) is 42.8 Å². The van der Waals surface area contributed by atoms with E-state index in [1.54, 1.807) is 14.2 Å². The fourth-order valence-electron chi connectivity index (χ4n) is 3.58. The van der Waals surface area contributed by atoms with Gasteiger partial charge in [0.25, 0.3) is 0 Å². The largest absolute Gasteiger partial charge is 0.496 e. The molecule has 0 N–H and O–H groups in total. The van der Waals surface area contributed by atoms with E-state index in [-0.39, 0.29) is 0 Å². The van der Waals surface area contributed by atoms with Crippen LogP contribution in [-0.2, 0) is 6.54 Å². The highest BCUT2D eigenvalue weighted by atomic mass is 16.5. The summed E-state index contributed by atoms with van der Waals surface area (Å²) in [6.45, 7) is 2.78. The van der Waals surface area contributed by atoms with E-state index in [9.17, 15) is 0 Å². The van der Waals surface area contributed by atoms with Gasteiger partial charge in [0.15, 0.2) is 0 Å². The van der Waals surface area contributed by atoms with Gasteiger partial charge >= 0.3 is 0 Å². The van der Waals surface area contributed by atoms with Crippen LogP contribution in [0, 0.1) is 6.92 Å². The molecule has 3 aromatic carbocycles. The number of hydrogen-bond acceptors (Lipinski definition) is 3. The normalized spacial score (nSPS) is 10.7. The second-order valence-corrected chi connectivity index (χ2v) is 6.96. The summed E-state index contributed by atoms with van der Waals surface area (Å²) in [5.41, 5.74) is 6.29. The van der Waals surface area contributed by atoms with Gasteiger partial charge in [-0.25, -0.2) is 0 Å². The topological polar surface area (TPSA) is 36.3 Å². The molecule has 29 heavy (non-hydrogen) atoms. The zero-order chi connectivity index (χ0) is 20.2. The Bertz CT molecular complexity index is 1130. The number of hydrogen-bond donors (Lipinski definition) is 0. The predicted molar refractivity (Wildman–Crippen MR) is 116 cm³/mol. The first-order chi connectivity index (χ1) is 14.2. The van der Waals surface area contributed by atoms with Crippen molar-refractivity contribution in [1.82, 2.24) is 9.78 Å². The smallest absolute Gasteiger partial charge is 0.128 e. The highest BCUT2D eigenvalue weighted by molar-refractivity contribution is 5.75. The molecule has 0 fully saturated rings. The summed E-state index contributed by atoms with van der Waals surface area (Å²) in [6, 6.07) is 26.6. The van der Waals surface area contributed by atoms with Crippen LogP contribution in [0.25, 0.3) is 22.5 Å². The third kappa shape index (κ3) is 3.87. The van der Waals surface area contributed by atoms with Gasteiger partial charge in [-0.2, -0.15) is 5.10 Å². The van der Waals surface area contributed by atoms with E-state index < -0.39 is 0 Å². The van der Waals surface area contributed by atoms with Gasteiger partial charge in [-0.1, -0.05) is 54.1 Å².